The summed E-state index contributed by atoms with van der Waals surface area (Å²) < 4.78 is 7.62. The van der Waals surface area contributed by atoms with Gasteiger partial charge in [0.1, 0.15) is 0 Å². The molecule has 1 aliphatic heterocycles. The van der Waals surface area contributed by atoms with Gasteiger partial charge in [-0.15, -0.1) is 10.2 Å². The molecular weight excluding hydrogens is 350 g/mol. The summed E-state index contributed by atoms with van der Waals surface area (Å²) in [5.74, 6) is 1.48. The second-order valence-electron chi connectivity index (χ2n) is 7.64. The Balaban J connectivity index is 1.69. The van der Waals surface area contributed by atoms with E-state index in [0.717, 1.165) is 56.8 Å². The summed E-state index contributed by atoms with van der Waals surface area (Å²) >= 11 is 1.51. The molecule has 3 rings (SSSR count). The number of morpholine rings is 1. The Kier molecular flexibility index (Phi) is 6.80. The number of anilines is 1. The minimum Gasteiger partial charge on any atom is -0.378 e. The van der Waals surface area contributed by atoms with Gasteiger partial charge in [0.15, 0.2) is 5.16 Å². The van der Waals surface area contributed by atoms with Crippen molar-refractivity contribution in [3.8, 4) is 0 Å². The molecule has 1 aromatic heterocycles. The first-order valence-corrected chi connectivity index (χ1v) is 10.7. The largest absolute Gasteiger partial charge is 0.378 e. The summed E-state index contributed by atoms with van der Waals surface area (Å²) in [5, 5.41) is 12.7. The molecule has 146 valence electrons. The van der Waals surface area contributed by atoms with E-state index in [1.54, 1.807) is 0 Å². The van der Waals surface area contributed by atoms with E-state index in [1.807, 2.05) is 6.92 Å². The van der Waals surface area contributed by atoms with Crippen molar-refractivity contribution in [2.45, 2.75) is 69.4 Å². The summed E-state index contributed by atoms with van der Waals surface area (Å²) in [6.07, 6.45) is 4.65. The van der Waals surface area contributed by atoms with Gasteiger partial charge in [-0.3, -0.25) is 9.36 Å². The number of nitrogens with one attached hydrogen (secondary N) is 1. The monoisotopic (exact) mass is 381 g/mol. The van der Waals surface area contributed by atoms with Crippen LogP contribution in [0.25, 0.3) is 0 Å². The zero-order valence-electron chi connectivity index (χ0n) is 16.1. The summed E-state index contributed by atoms with van der Waals surface area (Å²) in [6.45, 7) is 10.3. The molecule has 0 aromatic carbocycles. The molecule has 26 heavy (non-hydrogen) atoms. The van der Waals surface area contributed by atoms with E-state index in [2.05, 4.69) is 38.8 Å². The van der Waals surface area contributed by atoms with Gasteiger partial charge in [0.2, 0.25) is 11.9 Å². The van der Waals surface area contributed by atoms with E-state index in [4.69, 9.17) is 4.74 Å². The molecule has 1 amide bonds. The lowest BCUT2D eigenvalue weighted by atomic mass is 10.2. The molecule has 7 nitrogen and oxygen atoms in total. The van der Waals surface area contributed by atoms with Crippen molar-refractivity contribution in [1.82, 2.24) is 20.1 Å². The molecule has 1 aliphatic carbocycles. The van der Waals surface area contributed by atoms with Crippen molar-refractivity contribution in [3.63, 3.8) is 0 Å². The maximum absolute atomic E-state index is 12.5. The van der Waals surface area contributed by atoms with Crippen molar-refractivity contribution in [2.75, 3.05) is 31.2 Å². The maximum Gasteiger partial charge on any atom is 0.233 e. The fourth-order valence-corrected chi connectivity index (χ4v) is 4.35. The topological polar surface area (TPSA) is 72.3 Å². The van der Waals surface area contributed by atoms with Crippen LogP contribution < -0.4 is 10.2 Å². The molecule has 0 radical (unpaired) electrons. The molecule has 2 fully saturated rings. The van der Waals surface area contributed by atoms with Crippen LogP contribution >= 0.6 is 11.8 Å². The van der Waals surface area contributed by atoms with Crippen LogP contribution in [0.1, 0.15) is 46.5 Å². The highest BCUT2D eigenvalue weighted by Crippen LogP contribution is 2.28. The number of ether oxygens (including phenoxy) is 1. The Morgan fingerprint density at radius 3 is 2.58 bits per heavy atom. The lowest BCUT2D eigenvalue weighted by molar-refractivity contribution is -0.120. The van der Waals surface area contributed by atoms with Gasteiger partial charge in [-0.25, -0.2) is 0 Å². The summed E-state index contributed by atoms with van der Waals surface area (Å²) in [5.41, 5.74) is 0. The first kappa shape index (κ1) is 19.5. The second kappa shape index (κ2) is 9.08. The molecule has 1 atom stereocenters. The van der Waals surface area contributed by atoms with Gasteiger partial charge in [0.05, 0.1) is 18.5 Å². The zero-order chi connectivity index (χ0) is 18.5. The van der Waals surface area contributed by atoms with Crippen LogP contribution in [-0.4, -0.2) is 58.3 Å². The van der Waals surface area contributed by atoms with Gasteiger partial charge < -0.3 is 15.0 Å². The third-order valence-electron chi connectivity index (χ3n) is 4.89. The standard InChI is InChI=1S/C18H31N5O2S/c1-13(2)12-23-17(22-8-10-25-11-9-22)20-21-18(23)26-14(3)16(24)19-15-6-4-5-7-15/h13-15H,4-12H2,1-3H3,(H,19,24). The first-order chi connectivity index (χ1) is 12.5. The Morgan fingerprint density at radius 2 is 1.92 bits per heavy atom. The van der Waals surface area contributed by atoms with Crippen molar-refractivity contribution < 1.29 is 9.53 Å². The number of nitrogens with zero attached hydrogens (tertiary/aromatic N) is 4. The third-order valence-corrected chi connectivity index (χ3v) is 5.97. The van der Waals surface area contributed by atoms with Crippen LogP contribution in [0.5, 0.6) is 0 Å². The molecule has 1 unspecified atom stereocenters. The maximum atomic E-state index is 12.5. The van der Waals surface area contributed by atoms with Crippen LogP contribution in [0.3, 0.4) is 0 Å². The molecule has 2 heterocycles. The third kappa shape index (κ3) is 4.91. The van der Waals surface area contributed by atoms with E-state index in [1.165, 1.54) is 24.6 Å². The normalized spacial score (nSPS) is 19.9. The van der Waals surface area contributed by atoms with Gasteiger partial charge in [0.25, 0.3) is 0 Å². The zero-order valence-corrected chi connectivity index (χ0v) is 16.9. The molecule has 0 bridgehead atoms. The van der Waals surface area contributed by atoms with Crippen molar-refractivity contribution in [1.29, 1.82) is 0 Å². The number of hydrogen-bond acceptors (Lipinski definition) is 6. The summed E-state index contributed by atoms with van der Waals surface area (Å²) in [7, 11) is 0. The second-order valence-corrected chi connectivity index (χ2v) is 8.94. The highest BCUT2D eigenvalue weighted by molar-refractivity contribution is 8.00. The van der Waals surface area contributed by atoms with Crippen LogP contribution in [-0.2, 0) is 16.1 Å². The fourth-order valence-electron chi connectivity index (χ4n) is 3.49. The van der Waals surface area contributed by atoms with Crippen LogP contribution in [0.2, 0.25) is 0 Å². The Hall–Kier alpha value is -1.28. The van der Waals surface area contributed by atoms with Gasteiger partial charge in [-0.1, -0.05) is 38.5 Å². The SMILES string of the molecule is CC(C)Cn1c(SC(C)C(=O)NC2CCCC2)nnc1N1CCOCC1. The average molecular weight is 382 g/mol. The summed E-state index contributed by atoms with van der Waals surface area (Å²) in [6, 6.07) is 0.350. The number of thioether (sulfide) groups is 1. The minimum atomic E-state index is -0.178. The first-order valence-electron chi connectivity index (χ1n) is 9.77. The van der Waals surface area contributed by atoms with Crippen LogP contribution in [0.15, 0.2) is 5.16 Å². The predicted molar refractivity (Wildman–Crippen MR) is 104 cm³/mol. The number of carbonyl (C=O) groups excluding carboxylic acids is 1. The Bertz CT molecular complexity index is 594. The molecule has 8 heteroatoms. The van der Waals surface area contributed by atoms with Gasteiger partial charge in [-0.05, 0) is 25.7 Å². The van der Waals surface area contributed by atoms with E-state index >= 15 is 0 Å². The van der Waals surface area contributed by atoms with E-state index in [-0.39, 0.29) is 11.2 Å². The van der Waals surface area contributed by atoms with E-state index < -0.39 is 0 Å². The Labute approximate surface area is 160 Å². The number of hydrogen-bond donors (Lipinski definition) is 1. The number of aromatic nitrogens is 3. The lowest BCUT2D eigenvalue weighted by Crippen LogP contribution is -2.38. The highest BCUT2D eigenvalue weighted by Gasteiger charge is 2.26. The van der Waals surface area contributed by atoms with Crippen molar-refractivity contribution >= 4 is 23.6 Å². The predicted octanol–water partition coefficient (Wildman–Crippen LogP) is 2.31. The lowest BCUT2D eigenvalue weighted by Gasteiger charge is -2.28. The molecule has 1 N–H and O–H groups in total. The quantitative estimate of drug-likeness (QED) is 0.731. The van der Waals surface area contributed by atoms with Crippen LogP contribution in [0.4, 0.5) is 5.95 Å². The van der Waals surface area contributed by atoms with Gasteiger partial charge in [0, 0.05) is 25.7 Å². The Morgan fingerprint density at radius 1 is 1.23 bits per heavy atom. The van der Waals surface area contributed by atoms with Gasteiger partial charge >= 0.3 is 0 Å². The van der Waals surface area contributed by atoms with Crippen molar-refractivity contribution in [3.05, 3.63) is 0 Å². The average Bonchev–Trinajstić information content (AvgIpc) is 3.26. The fraction of sp³-hybridized carbons (Fsp3) is 0.833. The highest BCUT2D eigenvalue weighted by atomic mass is 32.2. The molecular formula is C18H31N5O2S. The van der Waals surface area contributed by atoms with Gasteiger partial charge in [-0.2, -0.15) is 0 Å². The summed E-state index contributed by atoms with van der Waals surface area (Å²) in [4.78, 5) is 14.8. The molecule has 0 spiro atoms. The van der Waals surface area contributed by atoms with Crippen LogP contribution in [0, 0.1) is 5.92 Å². The number of carbonyl (C=O) groups is 1. The molecule has 1 saturated carbocycles. The van der Waals surface area contributed by atoms with Crippen molar-refractivity contribution in [2.24, 2.45) is 5.92 Å². The van der Waals surface area contributed by atoms with E-state index in [9.17, 15) is 4.79 Å². The van der Waals surface area contributed by atoms with E-state index in [0.29, 0.717) is 12.0 Å². The molecule has 2 aliphatic rings. The number of rotatable bonds is 7. The smallest absolute Gasteiger partial charge is 0.233 e. The number of amides is 1. The minimum absolute atomic E-state index is 0.105. The molecule has 1 saturated heterocycles. The molecule has 1 aromatic rings.